The third-order valence-electron chi connectivity index (χ3n) is 6.15. The molecule has 190 valence electrons. The monoisotopic (exact) mass is 528 g/mol. The van der Waals surface area contributed by atoms with Gasteiger partial charge in [-0.25, -0.2) is 13.2 Å². The van der Waals surface area contributed by atoms with Crippen molar-refractivity contribution in [1.82, 2.24) is 4.31 Å². The average molecular weight is 529 g/mol. The molecule has 8 nitrogen and oxygen atoms in total. The maximum Gasteiger partial charge on any atom is 0.414 e. The maximum atomic E-state index is 13.5. The van der Waals surface area contributed by atoms with Crippen molar-refractivity contribution in [3.05, 3.63) is 72.8 Å². The Morgan fingerprint density at radius 3 is 2.44 bits per heavy atom. The zero-order valence-corrected chi connectivity index (χ0v) is 21.5. The second kappa shape index (κ2) is 11.3. The Balaban J connectivity index is 1.45. The molecule has 0 saturated carbocycles. The number of carbonyl (C=O) groups excluding carboxylic acids is 2. The number of amides is 1. The van der Waals surface area contributed by atoms with Crippen LogP contribution in [-0.4, -0.2) is 62.9 Å². The number of hydrogen-bond acceptors (Lipinski definition) is 7. The highest BCUT2D eigenvalue weighted by molar-refractivity contribution is 7.89. The Labute approximate surface area is 216 Å². The average Bonchev–Trinajstić information content (AvgIpc) is 3.28. The van der Waals surface area contributed by atoms with Gasteiger partial charge in [-0.3, -0.25) is 9.69 Å². The van der Waals surface area contributed by atoms with Crippen LogP contribution in [0.5, 0.6) is 0 Å². The first kappa shape index (κ1) is 26.0. The van der Waals surface area contributed by atoms with Crippen LogP contribution in [-0.2, 0) is 24.3 Å². The van der Waals surface area contributed by atoms with E-state index in [2.05, 4.69) is 12.6 Å². The van der Waals surface area contributed by atoms with E-state index in [1.807, 2.05) is 24.3 Å². The number of nitrogens with zero attached hydrogens (tertiary/aromatic N) is 2. The lowest BCUT2D eigenvalue weighted by Crippen LogP contribution is -2.39. The summed E-state index contributed by atoms with van der Waals surface area (Å²) in [6, 6.07) is 21.0. The van der Waals surface area contributed by atoms with Gasteiger partial charge in [-0.05, 0) is 47.9 Å². The predicted octanol–water partition coefficient (Wildman–Crippen LogP) is 4.11. The number of hydrogen-bond donors (Lipinski definition) is 1. The molecule has 1 fully saturated rings. The van der Waals surface area contributed by atoms with Crippen LogP contribution in [0, 0.1) is 0 Å². The zero-order chi connectivity index (χ0) is 25.7. The largest absolute Gasteiger partial charge is 0.468 e. The lowest BCUT2D eigenvalue weighted by atomic mass is 10.1. The van der Waals surface area contributed by atoms with Crippen molar-refractivity contribution < 1.29 is 27.5 Å². The highest BCUT2D eigenvalue weighted by atomic mass is 32.2. The number of fused-ring (bicyclic) bond motifs is 1. The minimum Gasteiger partial charge on any atom is -0.468 e. The summed E-state index contributed by atoms with van der Waals surface area (Å²) in [6.45, 7) is -0.0441. The van der Waals surface area contributed by atoms with Crippen LogP contribution >= 0.6 is 12.6 Å². The summed E-state index contributed by atoms with van der Waals surface area (Å²) in [5.41, 5.74) is 0.490. The second-order valence-electron chi connectivity index (χ2n) is 8.53. The van der Waals surface area contributed by atoms with Gasteiger partial charge in [0.2, 0.25) is 10.0 Å². The molecule has 1 heterocycles. The molecule has 2 atom stereocenters. The molecule has 0 N–H and O–H groups in total. The number of esters is 1. The molecule has 0 spiro atoms. The number of benzene rings is 3. The van der Waals surface area contributed by atoms with E-state index in [1.54, 1.807) is 48.5 Å². The van der Waals surface area contributed by atoms with E-state index in [1.165, 1.54) is 16.3 Å². The third-order valence-corrected chi connectivity index (χ3v) is 8.44. The first-order valence-corrected chi connectivity index (χ1v) is 13.5. The van der Waals surface area contributed by atoms with Crippen molar-refractivity contribution in [3.63, 3.8) is 0 Å². The van der Waals surface area contributed by atoms with Gasteiger partial charge >= 0.3 is 12.1 Å². The number of anilines is 1. The Morgan fingerprint density at radius 1 is 1.03 bits per heavy atom. The summed E-state index contributed by atoms with van der Waals surface area (Å²) in [6.07, 6.45) is 0.130. The van der Waals surface area contributed by atoms with Crippen LogP contribution in [0.3, 0.4) is 0 Å². The van der Waals surface area contributed by atoms with Crippen LogP contribution in [0.15, 0.2) is 77.7 Å². The van der Waals surface area contributed by atoms with E-state index in [4.69, 9.17) is 9.47 Å². The van der Waals surface area contributed by atoms with Crippen molar-refractivity contribution >= 4 is 51.2 Å². The number of para-hydroxylation sites is 1. The van der Waals surface area contributed by atoms with E-state index in [-0.39, 0.29) is 35.9 Å². The summed E-state index contributed by atoms with van der Waals surface area (Å²) in [4.78, 5) is 26.0. The quantitative estimate of drug-likeness (QED) is 0.350. The molecule has 0 aliphatic carbocycles. The Kier molecular flexibility index (Phi) is 8.17. The number of thiol groups is 1. The number of carbonyl (C=O) groups is 2. The van der Waals surface area contributed by atoms with Gasteiger partial charge in [0.05, 0.1) is 18.6 Å². The first-order chi connectivity index (χ1) is 17.3. The first-order valence-electron chi connectivity index (χ1n) is 11.5. The van der Waals surface area contributed by atoms with Gasteiger partial charge in [-0.1, -0.05) is 48.5 Å². The zero-order valence-electron chi connectivity index (χ0n) is 19.8. The summed E-state index contributed by atoms with van der Waals surface area (Å²) < 4.78 is 38.6. The molecular weight excluding hydrogens is 500 g/mol. The van der Waals surface area contributed by atoms with Crippen molar-refractivity contribution in [2.24, 2.45) is 0 Å². The Bertz CT molecular complexity index is 1330. The second-order valence-corrected chi connectivity index (χ2v) is 11.1. The smallest absolute Gasteiger partial charge is 0.414 e. The van der Waals surface area contributed by atoms with E-state index in [0.29, 0.717) is 18.5 Å². The molecule has 0 aromatic heterocycles. The molecule has 1 aliphatic heterocycles. The molecule has 3 aromatic carbocycles. The van der Waals surface area contributed by atoms with Crippen LogP contribution in [0.2, 0.25) is 0 Å². The number of methoxy groups -OCH3 is 1. The lowest BCUT2D eigenvalue weighted by molar-refractivity contribution is -0.138. The topological polar surface area (TPSA) is 93.2 Å². The molecule has 0 radical (unpaired) electrons. The van der Waals surface area contributed by atoms with Crippen molar-refractivity contribution in [2.75, 3.05) is 31.7 Å². The molecule has 1 aliphatic rings. The molecule has 3 aromatic rings. The maximum absolute atomic E-state index is 13.5. The van der Waals surface area contributed by atoms with Gasteiger partial charge in [0.25, 0.3) is 0 Å². The molecule has 1 saturated heterocycles. The Hall–Kier alpha value is -3.08. The van der Waals surface area contributed by atoms with Crippen LogP contribution < -0.4 is 4.90 Å². The minimum atomic E-state index is -3.77. The van der Waals surface area contributed by atoms with E-state index in [9.17, 15) is 18.0 Å². The lowest BCUT2D eigenvalue weighted by Gasteiger charge is -2.25. The molecule has 1 amide bonds. The molecule has 36 heavy (non-hydrogen) atoms. The molecule has 0 unspecified atom stereocenters. The van der Waals surface area contributed by atoms with Gasteiger partial charge in [0, 0.05) is 23.5 Å². The summed E-state index contributed by atoms with van der Waals surface area (Å²) >= 11 is 4.53. The normalized spacial score (nSPS) is 18.2. The van der Waals surface area contributed by atoms with E-state index in [0.717, 1.165) is 10.8 Å². The van der Waals surface area contributed by atoms with E-state index >= 15 is 0 Å². The number of ether oxygens (including phenoxy) is 2. The standard InChI is InChI=1S/C26H28N2O6S2/c1-33-25(29)18-27(21-9-3-2-4-10-21)26(30)34-14-13-22-16-23(35)17-28(22)36(31,32)24-12-11-19-7-5-6-8-20(19)15-24/h2-12,15,22-23,35H,13-14,16-18H2,1H3/t22-,23-/m1/s1. The van der Waals surface area contributed by atoms with E-state index < -0.39 is 22.1 Å². The third kappa shape index (κ3) is 5.83. The highest BCUT2D eigenvalue weighted by Gasteiger charge is 2.39. The van der Waals surface area contributed by atoms with Crippen molar-refractivity contribution in [1.29, 1.82) is 0 Å². The van der Waals surface area contributed by atoms with Gasteiger partial charge in [0.15, 0.2) is 0 Å². The fourth-order valence-corrected chi connectivity index (χ4v) is 6.58. The molecule has 4 rings (SSSR count). The van der Waals surface area contributed by atoms with Crippen LogP contribution in [0.25, 0.3) is 10.8 Å². The molecular formula is C26H28N2O6S2. The molecule has 10 heteroatoms. The number of sulfonamides is 1. The van der Waals surface area contributed by atoms with Crippen LogP contribution in [0.4, 0.5) is 10.5 Å². The summed E-state index contributed by atoms with van der Waals surface area (Å²) in [5.74, 6) is -0.586. The van der Waals surface area contributed by atoms with Crippen LogP contribution in [0.1, 0.15) is 12.8 Å². The fourth-order valence-electron chi connectivity index (χ4n) is 4.31. The van der Waals surface area contributed by atoms with Gasteiger partial charge in [0.1, 0.15) is 6.54 Å². The Morgan fingerprint density at radius 2 is 1.72 bits per heavy atom. The minimum absolute atomic E-state index is 0.0156. The van der Waals surface area contributed by atoms with Crippen molar-refractivity contribution in [2.45, 2.75) is 29.0 Å². The van der Waals surface area contributed by atoms with Gasteiger partial charge < -0.3 is 9.47 Å². The van der Waals surface area contributed by atoms with Gasteiger partial charge in [-0.15, -0.1) is 0 Å². The summed E-state index contributed by atoms with van der Waals surface area (Å²) in [7, 11) is -2.52. The number of rotatable bonds is 8. The fraction of sp³-hybridized carbons (Fsp3) is 0.308. The predicted molar refractivity (Wildman–Crippen MR) is 141 cm³/mol. The SMILES string of the molecule is COC(=O)CN(C(=O)OCC[C@@H]1C[C@@H](S)CN1S(=O)(=O)c1ccc2ccccc2c1)c1ccccc1. The van der Waals surface area contributed by atoms with Gasteiger partial charge in [-0.2, -0.15) is 16.9 Å². The van der Waals surface area contributed by atoms with Crippen molar-refractivity contribution in [3.8, 4) is 0 Å². The molecule has 0 bridgehead atoms. The highest BCUT2D eigenvalue weighted by Crippen LogP contribution is 2.31. The summed E-state index contributed by atoms with van der Waals surface area (Å²) in [5, 5.41) is 1.68.